The van der Waals surface area contributed by atoms with E-state index in [4.69, 9.17) is 14.9 Å². The largest absolute Gasteiger partial charge is 0.462 e. The van der Waals surface area contributed by atoms with Crippen molar-refractivity contribution in [1.82, 2.24) is 0 Å². The third-order valence-electron chi connectivity index (χ3n) is 6.21. The lowest BCUT2D eigenvalue weighted by molar-refractivity contribution is -0.139. The van der Waals surface area contributed by atoms with Crippen LogP contribution >= 0.6 is 0 Å². The van der Waals surface area contributed by atoms with Crippen LogP contribution < -0.4 is 0 Å². The van der Waals surface area contributed by atoms with Crippen molar-refractivity contribution >= 4 is 5.97 Å². The number of esters is 1. The Morgan fingerprint density at radius 3 is 1.53 bits per heavy atom. The molecule has 32 heavy (non-hydrogen) atoms. The van der Waals surface area contributed by atoms with Crippen LogP contribution in [0.5, 0.6) is 0 Å². The standard InChI is InChI=1S/C28H54O4/c1-3-4-5-6-7-8-9-10-11-12-13-14-15-16-19-22-25-32-28(31)26(2)23-20-17-18-21-24-27(29)30/h27,29-30H,2-25H2,1H3. The van der Waals surface area contributed by atoms with E-state index < -0.39 is 6.29 Å². The van der Waals surface area contributed by atoms with E-state index >= 15 is 0 Å². The summed E-state index contributed by atoms with van der Waals surface area (Å²) in [5.41, 5.74) is 0.559. The van der Waals surface area contributed by atoms with Crippen LogP contribution in [0.2, 0.25) is 0 Å². The summed E-state index contributed by atoms with van der Waals surface area (Å²) in [7, 11) is 0. The molecular weight excluding hydrogens is 400 g/mol. The first-order valence-electron chi connectivity index (χ1n) is 13.8. The number of carbonyl (C=O) groups is 1. The van der Waals surface area contributed by atoms with Gasteiger partial charge in [0.05, 0.1) is 6.61 Å². The molecule has 4 heteroatoms. The normalized spacial score (nSPS) is 11.2. The summed E-state index contributed by atoms with van der Waals surface area (Å²) in [5, 5.41) is 17.6. The number of aliphatic hydroxyl groups excluding tert-OH is 1. The minimum atomic E-state index is -1.20. The number of hydrogen-bond acceptors (Lipinski definition) is 4. The van der Waals surface area contributed by atoms with Gasteiger partial charge in [-0.15, -0.1) is 0 Å². The van der Waals surface area contributed by atoms with Crippen molar-refractivity contribution in [2.45, 2.75) is 154 Å². The van der Waals surface area contributed by atoms with Gasteiger partial charge >= 0.3 is 5.97 Å². The molecule has 0 aliphatic carbocycles. The average Bonchev–Trinajstić information content (AvgIpc) is 2.77. The van der Waals surface area contributed by atoms with Crippen LogP contribution in [0, 0.1) is 0 Å². The molecule has 0 aromatic heterocycles. The lowest BCUT2D eigenvalue weighted by Crippen LogP contribution is -2.08. The van der Waals surface area contributed by atoms with Gasteiger partial charge in [0.2, 0.25) is 0 Å². The van der Waals surface area contributed by atoms with Crippen LogP contribution in [0.4, 0.5) is 0 Å². The molecule has 0 saturated heterocycles. The monoisotopic (exact) mass is 454 g/mol. The second-order valence-electron chi connectivity index (χ2n) is 9.48. The van der Waals surface area contributed by atoms with Crippen molar-refractivity contribution in [2.75, 3.05) is 6.61 Å². The van der Waals surface area contributed by atoms with Gasteiger partial charge in [0.25, 0.3) is 0 Å². The topological polar surface area (TPSA) is 66.8 Å². The van der Waals surface area contributed by atoms with Crippen molar-refractivity contribution in [3.8, 4) is 0 Å². The van der Waals surface area contributed by atoms with Crippen LogP contribution in [0.1, 0.15) is 148 Å². The van der Waals surface area contributed by atoms with Gasteiger partial charge in [-0.05, 0) is 32.1 Å². The minimum Gasteiger partial charge on any atom is -0.462 e. The molecule has 0 spiro atoms. The molecule has 0 atom stereocenters. The maximum atomic E-state index is 11.9. The number of unbranched alkanes of at least 4 members (excludes halogenated alkanes) is 18. The van der Waals surface area contributed by atoms with Crippen LogP contribution in [0.15, 0.2) is 12.2 Å². The summed E-state index contributed by atoms with van der Waals surface area (Å²) >= 11 is 0. The molecule has 190 valence electrons. The molecule has 0 rings (SSSR count). The highest BCUT2D eigenvalue weighted by Crippen LogP contribution is 2.14. The Balaban J connectivity index is 3.27. The Bertz CT molecular complexity index is 420. The van der Waals surface area contributed by atoms with Gasteiger partial charge < -0.3 is 14.9 Å². The van der Waals surface area contributed by atoms with E-state index in [1.54, 1.807) is 0 Å². The van der Waals surface area contributed by atoms with Gasteiger partial charge in [0.15, 0.2) is 6.29 Å². The molecule has 0 aliphatic rings. The van der Waals surface area contributed by atoms with E-state index in [0.29, 0.717) is 25.0 Å². The number of aliphatic hydroxyl groups is 2. The van der Waals surface area contributed by atoms with E-state index in [1.165, 1.54) is 89.9 Å². The maximum absolute atomic E-state index is 11.9. The third kappa shape index (κ3) is 23.8. The van der Waals surface area contributed by atoms with E-state index in [2.05, 4.69) is 13.5 Å². The van der Waals surface area contributed by atoms with E-state index in [0.717, 1.165) is 38.5 Å². The summed E-state index contributed by atoms with van der Waals surface area (Å²) in [5.74, 6) is -0.253. The Kier molecular flexibility index (Phi) is 24.1. The first kappa shape index (κ1) is 31.1. The Morgan fingerprint density at radius 1 is 0.656 bits per heavy atom. The second kappa shape index (κ2) is 24.8. The summed E-state index contributed by atoms with van der Waals surface area (Å²) in [6.45, 7) is 6.62. The lowest BCUT2D eigenvalue weighted by Gasteiger charge is -2.08. The number of rotatable bonds is 25. The van der Waals surface area contributed by atoms with Crippen LogP contribution in [-0.4, -0.2) is 29.1 Å². The highest BCUT2D eigenvalue weighted by atomic mass is 16.5. The van der Waals surface area contributed by atoms with Gasteiger partial charge in [-0.1, -0.05) is 123 Å². The molecule has 0 aliphatic heterocycles. The van der Waals surface area contributed by atoms with Crippen molar-refractivity contribution in [3.05, 3.63) is 12.2 Å². The van der Waals surface area contributed by atoms with E-state index in [-0.39, 0.29) is 5.97 Å². The zero-order valence-corrected chi connectivity index (χ0v) is 21.3. The van der Waals surface area contributed by atoms with Gasteiger partial charge in [-0.3, -0.25) is 0 Å². The van der Waals surface area contributed by atoms with E-state index in [9.17, 15) is 4.79 Å². The molecule has 0 heterocycles. The zero-order valence-electron chi connectivity index (χ0n) is 21.3. The highest BCUT2D eigenvalue weighted by molar-refractivity contribution is 5.87. The summed E-state index contributed by atoms with van der Waals surface area (Å²) in [4.78, 5) is 11.9. The van der Waals surface area contributed by atoms with Crippen molar-refractivity contribution in [2.24, 2.45) is 0 Å². The van der Waals surface area contributed by atoms with Crippen molar-refractivity contribution in [3.63, 3.8) is 0 Å². The first-order chi connectivity index (χ1) is 15.6. The Morgan fingerprint density at radius 2 is 1.06 bits per heavy atom. The molecular formula is C28H54O4. The lowest BCUT2D eigenvalue weighted by atomic mass is 10.0. The molecule has 0 unspecified atom stereocenters. The highest BCUT2D eigenvalue weighted by Gasteiger charge is 2.08. The number of carbonyl (C=O) groups excluding carboxylic acids is 1. The summed E-state index contributed by atoms with van der Waals surface area (Å²) in [6.07, 6.45) is 24.9. The maximum Gasteiger partial charge on any atom is 0.333 e. The predicted octanol–water partition coefficient (Wildman–Crippen LogP) is 8.00. The molecule has 0 radical (unpaired) electrons. The van der Waals surface area contributed by atoms with Gasteiger partial charge in [-0.2, -0.15) is 0 Å². The molecule has 0 aromatic rings. The quantitative estimate of drug-likeness (QED) is 0.0634. The number of hydrogen-bond donors (Lipinski definition) is 2. The molecule has 2 N–H and O–H groups in total. The molecule has 4 nitrogen and oxygen atoms in total. The first-order valence-corrected chi connectivity index (χ1v) is 13.8. The summed E-state index contributed by atoms with van der Waals surface area (Å²) in [6, 6.07) is 0. The Labute approximate surface area is 199 Å². The zero-order chi connectivity index (χ0) is 23.7. The minimum absolute atomic E-state index is 0.253. The SMILES string of the molecule is C=C(CCCCCCC(O)O)C(=O)OCCCCCCCCCCCCCCCCCC. The van der Waals surface area contributed by atoms with Crippen molar-refractivity contribution in [1.29, 1.82) is 0 Å². The second-order valence-corrected chi connectivity index (χ2v) is 9.48. The summed E-state index contributed by atoms with van der Waals surface area (Å²) < 4.78 is 5.33. The molecule has 0 fully saturated rings. The fourth-order valence-corrected chi connectivity index (χ4v) is 4.04. The van der Waals surface area contributed by atoms with Gasteiger partial charge in [0.1, 0.15) is 0 Å². The number of ether oxygens (including phenoxy) is 1. The average molecular weight is 455 g/mol. The van der Waals surface area contributed by atoms with Crippen LogP contribution in [-0.2, 0) is 9.53 Å². The smallest absolute Gasteiger partial charge is 0.333 e. The molecule has 0 amide bonds. The fraction of sp³-hybridized carbons (Fsp3) is 0.893. The molecule has 0 saturated carbocycles. The van der Waals surface area contributed by atoms with Crippen LogP contribution in [0.3, 0.4) is 0 Å². The Hall–Kier alpha value is -0.870. The van der Waals surface area contributed by atoms with Crippen molar-refractivity contribution < 1.29 is 19.7 Å². The van der Waals surface area contributed by atoms with Crippen LogP contribution in [0.25, 0.3) is 0 Å². The van der Waals surface area contributed by atoms with E-state index in [1.807, 2.05) is 0 Å². The fourth-order valence-electron chi connectivity index (χ4n) is 4.04. The van der Waals surface area contributed by atoms with Gasteiger partial charge in [0, 0.05) is 5.57 Å². The van der Waals surface area contributed by atoms with Gasteiger partial charge in [-0.25, -0.2) is 4.79 Å². The molecule has 0 bridgehead atoms. The predicted molar refractivity (Wildman–Crippen MR) is 136 cm³/mol. The third-order valence-corrected chi connectivity index (χ3v) is 6.21. The molecule has 0 aromatic carbocycles.